The third-order valence-corrected chi connectivity index (χ3v) is 4.79. The Kier molecular flexibility index (Phi) is 3.94. The summed E-state index contributed by atoms with van der Waals surface area (Å²) in [6, 6.07) is 0. The van der Waals surface area contributed by atoms with Gasteiger partial charge in [-0.15, -0.1) is 0 Å². The van der Waals surface area contributed by atoms with Gasteiger partial charge >= 0.3 is 7.12 Å². The van der Waals surface area contributed by atoms with Crippen molar-refractivity contribution in [3.8, 4) is 0 Å². The molecule has 0 aromatic heterocycles. The SMILES string of the molecule is CC1CCCC(/C=C/B2OC(C)(C)C(C)(C)O2)C1. The Balaban J connectivity index is 1.91. The van der Waals surface area contributed by atoms with Gasteiger partial charge in [0.05, 0.1) is 11.2 Å². The second-order valence-corrected chi connectivity index (χ2v) is 7.04. The van der Waals surface area contributed by atoms with E-state index in [1.54, 1.807) is 0 Å². The topological polar surface area (TPSA) is 18.5 Å². The van der Waals surface area contributed by atoms with Gasteiger partial charge in [0.1, 0.15) is 0 Å². The molecule has 2 rings (SSSR count). The van der Waals surface area contributed by atoms with Crippen LogP contribution in [0.15, 0.2) is 12.1 Å². The number of hydrogen-bond acceptors (Lipinski definition) is 2. The highest BCUT2D eigenvalue weighted by molar-refractivity contribution is 6.51. The van der Waals surface area contributed by atoms with Gasteiger partial charge in [-0.1, -0.05) is 31.8 Å². The van der Waals surface area contributed by atoms with Crippen LogP contribution in [0.4, 0.5) is 0 Å². The summed E-state index contributed by atoms with van der Waals surface area (Å²) < 4.78 is 11.9. The van der Waals surface area contributed by atoms with Crippen LogP contribution in [-0.4, -0.2) is 18.3 Å². The van der Waals surface area contributed by atoms with E-state index in [0.29, 0.717) is 5.92 Å². The third-order valence-electron chi connectivity index (χ3n) is 4.79. The Hall–Kier alpha value is -0.275. The first kappa shape index (κ1) is 14.1. The van der Waals surface area contributed by atoms with Crippen molar-refractivity contribution in [1.82, 2.24) is 0 Å². The summed E-state index contributed by atoms with van der Waals surface area (Å²) in [7, 11) is -0.174. The molecule has 2 atom stereocenters. The van der Waals surface area contributed by atoms with Crippen LogP contribution >= 0.6 is 0 Å². The minimum Gasteiger partial charge on any atom is -0.400 e. The normalized spacial score (nSPS) is 35.3. The van der Waals surface area contributed by atoms with Gasteiger partial charge in [0.2, 0.25) is 0 Å². The molecule has 2 nitrogen and oxygen atoms in total. The van der Waals surface area contributed by atoms with Crippen molar-refractivity contribution < 1.29 is 9.31 Å². The molecule has 102 valence electrons. The van der Waals surface area contributed by atoms with E-state index in [1.807, 2.05) is 0 Å². The lowest BCUT2D eigenvalue weighted by Gasteiger charge is -2.32. The maximum absolute atomic E-state index is 5.97. The van der Waals surface area contributed by atoms with E-state index < -0.39 is 0 Å². The number of hydrogen-bond donors (Lipinski definition) is 0. The van der Waals surface area contributed by atoms with Crippen molar-refractivity contribution in [2.45, 2.75) is 71.5 Å². The fraction of sp³-hybridized carbons (Fsp3) is 0.867. The first-order chi connectivity index (χ1) is 8.30. The van der Waals surface area contributed by atoms with Crippen molar-refractivity contribution in [3.05, 3.63) is 12.1 Å². The molecule has 2 unspecified atom stereocenters. The maximum Gasteiger partial charge on any atom is 0.486 e. The van der Waals surface area contributed by atoms with Crippen LogP contribution in [0.3, 0.4) is 0 Å². The van der Waals surface area contributed by atoms with Gasteiger partial charge in [0, 0.05) is 0 Å². The molecule has 0 radical (unpaired) electrons. The van der Waals surface area contributed by atoms with Crippen molar-refractivity contribution in [1.29, 1.82) is 0 Å². The van der Waals surface area contributed by atoms with Crippen LogP contribution in [0.25, 0.3) is 0 Å². The van der Waals surface area contributed by atoms with Crippen LogP contribution in [0.5, 0.6) is 0 Å². The lowest BCUT2D eigenvalue weighted by Crippen LogP contribution is -2.41. The lowest BCUT2D eigenvalue weighted by atomic mass is 9.79. The van der Waals surface area contributed by atoms with E-state index in [2.05, 4.69) is 46.7 Å². The van der Waals surface area contributed by atoms with Crippen LogP contribution in [0.1, 0.15) is 60.3 Å². The fourth-order valence-electron chi connectivity index (χ4n) is 2.87. The second-order valence-electron chi connectivity index (χ2n) is 7.04. The molecular weight excluding hydrogens is 223 g/mol. The van der Waals surface area contributed by atoms with Crippen LogP contribution in [0, 0.1) is 11.8 Å². The molecule has 0 aromatic carbocycles. The Morgan fingerprint density at radius 3 is 2.22 bits per heavy atom. The van der Waals surface area contributed by atoms with E-state index in [-0.39, 0.29) is 18.3 Å². The van der Waals surface area contributed by atoms with Gasteiger partial charge in [-0.05, 0) is 52.4 Å². The smallest absolute Gasteiger partial charge is 0.400 e. The van der Waals surface area contributed by atoms with E-state index >= 15 is 0 Å². The number of rotatable bonds is 2. The van der Waals surface area contributed by atoms with Crippen molar-refractivity contribution in [3.63, 3.8) is 0 Å². The first-order valence-electron chi connectivity index (χ1n) is 7.34. The van der Waals surface area contributed by atoms with Gasteiger partial charge in [0.15, 0.2) is 0 Å². The van der Waals surface area contributed by atoms with E-state index in [4.69, 9.17) is 9.31 Å². The average Bonchev–Trinajstić information content (AvgIpc) is 2.45. The zero-order chi connectivity index (χ0) is 13.4. The summed E-state index contributed by atoms with van der Waals surface area (Å²) in [6.07, 6.45) is 7.70. The molecule has 18 heavy (non-hydrogen) atoms. The summed E-state index contributed by atoms with van der Waals surface area (Å²) in [6.45, 7) is 10.8. The minimum absolute atomic E-state index is 0.174. The molecule has 0 amide bonds. The predicted molar refractivity (Wildman–Crippen MR) is 76.3 cm³/mol. The molecule has 2 aliphatic rings. The zero-order valence-electron chi connectivity index (χ0n) is 12.5. The molecule has 0 spiro atoms. The summed E-state index contributed by atoms with van der Waals surface area (Å²) >= 11 is 0. The Bertz CT molecular complexity index is 306. The first-order valence-corrected chi connectivity index (χ1v) is 7.34. The largest absolute Gasteiger partial charge is 0.486 e. The Morgan fingerprint density at radius 2 is 1.67 bits per heavy atom. The molecule has 2 fully saturated rings. The van der Waals surface area contributed by atoms with Crippen LogP contribution in [-0.2, 0) is 9.31 Å². The summed E-state index contributed by atoms with van der Waals surface area (Å²) in [5.41, 5.74) is -0.441. The highest BCUT2D eigenvalue weighted by atomic mass is 16.7. The molecule has 0 aromatic rings. The fourth-order valence-corrected chi connectivity index (χ4v) is 2.87. The van der Waals surface area contributed by atoms with Gasteiger partial charge < -0.3 is 9.31 Å². The maximum atomic E-state index is 5.97. The van der Waals surface area contributed by atoms with E-state index in [9.17, 15) is 0 Å². The molecular formula is C15H27BO2. The van der Waals surface area contributed by atoms with Crippen LogP contribution < -0.4 is 0 Å². The third kappa shape index (κ3) is 3.00. The molecule has 1 saturated carbocycles. The molecule has 1 aliphatic carbocycles. The molecule has 1 heterocycles. The molecule has 3 heteroatoms. The highest BCUT2D eigenvalue weighted by Crippen LogP contribution is 2.37. The van der Waals surface area contributed by atoms with Crippen LogP contribution in [0.2, 0.25) is 0 Å². The van der Waals surface area contributed by atoms with Crippen molar-refractivity contribution in [2.24, 2.45) is 11.8 Å². The van der Waals surface area contributed by atoms with Crippen molar-refractivity contribution in [2.75, 3.05) is 0 Å². The second kappa shape index (κ2) is 5.01. The monoisotopic (exact) mass is 250 g/mol. The van der Waals surface area contributed by atoms with Gasteiger partial charge in [-0.2, -0.15) is 0 Å². The predicted octanol–water partition coefficient (Wildman–Crippen LogP) is 4.00. The summed E-state index contributed by atoms with van der Waals surface area (Å²) in [4.78, 5) is 0. The summed E-state index contributed by atoms with van der Waals surface area (Å²) in [5.74, 6) is 3.71. The number of allylic oxidation sites excluding steroid dienone is 1. The molecule has 1 saturated heterocycles. The van der Waals surface area contributed by atoms with Gasteiger partial charge in [-0.25, -0.2) is 0 Å². The Morgan fingerprint density at radius 1 is 1.06 bits per heavy atom. The van der Waals surface area contributed by atoms with Crippen molar-refractivity contribution >= 4 is 7.12 Å². The molecule has 0 bridgehead atoms. The molecule has 1 aliphatic heterocycles. The zero-order valence-corrected chi connectivity index (χ0v) is 12.5. The Labute approximate surface area is 112 Å². The van der Waals surface area contributed by atoms with Gasteiger partial charge in [-0.3, -0.25) is 0 Å². The molecule has 0 N–H and O–H groups in total. The average molecular weight is 250 g/mol. The van der Waals surface area contributed by atoms with E-state index in [1.165, 1.54) is 25.7 Å². The lowest BCUT2D eigenvalue weighted by molar-refractivity contribution is 0.00578. The van der Waals surface area contributed by atoms with E-state index in [0.717, 1.165) is 5.92 Å². The highest BCUT2D eigenvalue weighted by Gasteiger charge is 2.50. The quantitative estimate of drug-likeness (QED) is 0.689. The minimum atomic E-state index is -0.220. The standard InChI is InChI=1S/C15H27BO2/c1-12-7-6-8-13(11-12)9-10-16-17-14(2,3)15(4,5)18-16/h9-10,12-13H,6-8,11H2,1-5H3/b10-9+. The summed E-state index contributed by atoms with van der Waals surface area (Å²) in [5, 5.41) is 0. The van der Waals surface area contributed by atoms with Gasteiger partial charge in [0.25, 0.3) is 0 Å².